The average Bonchev–Trinajstić information content (AvgIpc) is 2.20. The number of hydrogen-bond acceptors (Lipinski definition) is 3. The number of aliphatic hydroxyl groups is 1. The topological polar surface area (TPSA) is 46.2 Å². The lowest BCUT2D eigenvalue weighted by Gasteiger charge is -2.33. The van der Waals surface area contributed by atoms with E-state index in [9.17, 15) is 5.11 Å². The number of hydrogen-bond donors (Lipinski definition) is 2. The molecular formula is C10H12BrNOS. The number of rotatable bonds is 1. The van der Waals surface area contributed by atoms with Crippen LogP contribution in [0, 0.1) is 0 Å². The predicted molar refractivity (Wildman–Crippen MR) is 62.4 cm³/mol. The Morgan fingerprint density at radius 2 is 2.36 bits per heavy atom. The standard InChI is InChI=1S/C10H12BrNOS/c11-7-1-2-9-8(5-7)10(13,6-12)3-4-14-9/h1-2,5,13H,3-4,6,12H2. The Kier molecular flexibility index (Phi) is 2.88. The van der Waals surface area contributed by atoms with Crippen LogP contribution in [0.5, 0.6) is 0 Å². The largest absolute Gasteiger partial charge is 0.384 e. The third-order valence-corrected chi connectivity index (χ3v) is 4.12. The van der Waals surface area contributed by atoms with Crippen molar-refractivity contribution in [2.45, 2.75) is 16.9 Å². The molecule has 4 heteroatoms. The van der Waals surface area contributed by atoms with Crippen molar-refractivity contribution in [2.75, 3.05) is 12.3 Å². The van der Waals surface area contributed by atoms with E-state index in [0.29, 0.717) is 0 Å². The summed E-state index contributed by atoms with van der Waals surface area (Å²) in [5.74, 6) is 0.933. The van der Waals surface area contributed by atoms with Crippen molar-refractivity contribution in [3.63, 3.8) is 0 Å². The Hall–Kier alpha value is -0.0300. The Labute approximate surface area is 96.0 Å². The minimum atomic E-state index is -0.829. The zero-order valence-electron chi connectivity index (χ0n) is 7.66. The van der Waals surface area contributed by atoms with Gasteiger partial charge in [0.2, 0.25) is 0 Å². The molecule has 0 fully saturated rings. The highest BCUT2D eigenvalue weighted by Crippen LogP contribution is 2.40. The zero-order valence-corrected chi connectivity index (χ0v) is 10.1. The molecule has 2 rings (SSSR count). The van der Waals surface area contributed by atoms with Crippen LogP contribution in [0.4, 0.5) is 0 Å². The van der Waals surface area contributed by atoms with Crippen LogP contribution >= 0.6 is 27.7 Å². The normalized spacial score (nSPS) is 25.9. The fourth-order valence-corrected chi connectivity index (χ4v) is 3.26. The van der Waals surface area contributed by atoms with Gasteiger partial charge in [-0.05, 0) is 30.2 Å². The van der Waals surface area contributed by atoms with Crippen molar-refractivity contribution in [3.8, 4) is 0 Å². The van der Waals surface area contributed by atoms with Gasteiger partial charge >= 0.3 is 0 Å². The molecule has 1 aliphatic heterocycles. The van der Waals surface area contributed by atoms with E-state index < -0.39 is 5.60 Å². The molecule has 0 radical (unpaired) electrons. The molecule has 0 saturated carbocycles. The molecule has 1 aliphatic rings. The van der Waals surface area contributed by atoms with Gasteiger partial charge in [-0.2, -0.15) is 0 Å². The molecule has 0 amide bonds. The highest BCUT2D eigenvalue weighted by molar-refractivity contribution is 9.10. The van der Waals surface area contributed by atoms with Crippen LogP contribution in [-0.2, 0) is 5.60 Å². The average molecular weight is 274 g/mol. The van der Waals surface area contributed by atoms with Gasteiger partial charge in [-0.25, -0.2) is 0 Å². The van der Waals surface area contributed by atoms with Gasteiger partial charge in [-0.3, -0.25) is 0 Å². The molecule has 1 aromatic rings. The second-order valence-corrected chi connectivity index (χ2v) is 5.53. The van der Waals surface area contributed by atoms with E-state index >= 15 is 0 Å². The first-order valence-electron chi connectivity index (χ1n) is 4.51. The van der Waals surface area contributed by atoms with Gasteiger partial charge in [0.1, 0.15) is 5.60 Å². The molecule has 0 saturated heterocycles. The molecule has 0 aliphatic carbocycles. The number of thioether (sulfide) groups is 1. The molecule has 0 spiro atoms. The van der Waals surface area contributed by atoms with E-state index in [4.69, 9.17) is 5.73 Å². The summed E-state index contributed by atoms with van der Waals surface area (Å²) >= 11 is 5.19. The second-order valence-electron chi connectivity index (χ2n) is 3.47. The quantitative estimate of drug-likeness (QED) is 0.824. The van der Waals surface area contributed by atoms with Gasteiger partial charge in [0, 0.05) is 21.7 Å². The SMILES string of the molecule is NCC1(O)CCSc2ccc(Br)cc21. The summed E-state index contributed by atoms with van der Waals surface area (Å²) < 4.78 is 0.991. The van der Waals surface area contributed by atoms with E-state index in [-0.39, 0.29) is 6.54 Å². The maximum Gasteiger partial charge on any atom is 0.104 e. The molecule has 0 bridgehead atoms. The monoisotopic (exact) mass is 273 g/mol. The summed E-state index contributed by atoms with van der Waals surface area (Å²) in [5.41, 5.74) is 5.76. The van der Waals surface area contributed by atoms with E-state index in [1.165, 1.54) is 0 Å². The Balaban J connectivity index is 2.52. The van der Waals surface area contributed by atoms with Gasteiger partial charge in [-0.15, -0.1) is 11.8 Å². The van der Waals surface area contributed by atoms with Gasteiger partial charge in [0.15, 0.2) is 0 Å². The first-order valence-corrected chi connectivity index (χ1v) is 6.29. The van der Waals surface area contributed by atoms with Crippen LogP contribution in [0.2, 0.25) is 0 Å². The first-order chi connectivity index (χ1) is 6.65. The minimum absolute atomic E-state index is 0.289. The van der Waals surface area contributed by atoms with Crippen molar-refractivity contribution >= 4 is 27.7 Å². The number of halogens is 1. The molecule has 1 unspecified atom stereocenters. The Morgan fingerprint density at radius 3 is 3.07 bits per heavy atom. The number of fused-ring (bicyclic) bond motifs is 1. The second kappa shape index (κ2) is 3.85. The van der Waals surface area contributed by atoms with E-state index in [1.807, 2.05) is 18.2 Å². The van der Waals surface area contributed by atoms with E-state index in [1.54, 1.807) is 11.8 Å². The van der Waals surface area contributed by atoms with Crippen LogP contribution in [0.25, 0.3) is 0 Å². The summed E-state index contributed by atoms with van der Waals surface area (Å²) in [5, 5.41) is 10.3. The highest BCUT2D eigenvalue weighted by atomic mass is 79.9. The fourth-order valence-electron chi connectivity index (χ4n) is 1.67. The first kappa shape index (κ1) is 10.5. The lowest BCUT2D eigenvalue weighted by atomic mass is 9.91. The molecule has 2 nitrogen and oxygen atoms in total. The summed E-state index contributed by atoms with van der Waals surface area (Å²) in [6, 6.07) is 5.99. The van der Waals surface area contributed by atoms with Crippen LogP contribution in [-0.4, -0.2) is 17.4 Å². The van der Waals surface area contributed by atoms with Crippen LogP contribution in [0.1, 0.15) is 12.0 Å². The van der Waals surface area contributed by atoms with Gasteiger partial charge in [0.25, 0.3) is 0 Å². The molecule has 76 valence electrons. The molecular weight excluding hydrogens is 262 g/mol. The van der Waals surface area contributed by atoms with Crippen LogP contribution in [0.15, 0.2) is 27.6 Å². The predicted octanol–water partition coefficient (Wildman–Crippen LogP) is 2.09. The fraction of sp³-hybridized carbons (Fsp3) is 0.400. The van der Waals surface area contributed by atoms with E-state index in [0.717, 1.165) is 27.1 Å². The third kappa shape index (κ3) is 1.72. The maximum absolute atomic E-state index is 10.3. The van der Waals surface area contributed by atoms with Crippen molar-refractivity contribution in [2.24, 2.45) is 5.73 Å². The van der Waals surface area contributed by atoms with Gasteiger partial charge in [0.05, 0.1) is 0 Å². The van der Waals surface area contributed by atoms with Gasteiger partial charge < -0.3 is 10.8 Å². The zero-order chi connectivity index (χ0) is 10.2. The Morgan fingerprint density at radius 1 is 1.57 bits per heavy atom. The maximum atomic E-state index is 10.3. The molecule has 1 heterocycles. The molecule has 3 N–H and O–H groups in total. The molecule has 0 aromatic heterocycles. The molecule has 1 aromatic carbocycles. The summed E-state index contributed by atoms with van der Waals surface area (Å²) in [4.78, 5) is 1.15. The molecule has 1 atom stereocenters. The summed E-state index contributed by atoms with van der Waals surface area (Å²) in [7, 11) is 0. The summed E-state index contributed by atoms with van der Waals surface area (Å²) in [6.07, 6.45) is 0.734. The third-order valence-electron chi connectivity index (χ3n) is 2.55. The van der Waals surface area contributed by atoms with Crippen molar-refractivity contribution in [3.05, 3.63) is 28.2 Å². The van der Waals surface area contributed by atoms with Crippen LogP contribution < -0.4 is 5.73 Å². The van der Waals surface area contributed by atoms with Crippen molar-refractivity contribution < 1.29 is 5.11 Å². The number of nitrogens with two attached hydrogens (primary N) is 1. The van der Waals surface area contributed by atoms with Crippen molar-refractivity contribution in [1.82, 2.24) is 0 Å². The summed E-state index contributed by atoms with van der Waals surface area (Å²) in [6.45, 7) is 0.289. The van der Waals surface area contributed by atoms with E-state index in [2.05, 4.69) is 15.9 Å². The lowest BCUT2D eigenvalue weighted by molar-refractivity contribution is 0.0386. The smallest absolute Gasteiger partial charge is 0.104 e. The van der Waals surface area contributed by atoms with Crippen LogP contribution in [0.3, 0.4) is 0 Å². The molecule has 14 heavy (non-hydrogen) atoms. The number of benzene rings is 1. The van der Waals surface area contributed by atoms with Crippen molar-refractivity contribution in [1.29, 1.82) is 0 Å². The minimum Gasteiger partial charge on any atom is -0.384 e. The lowest BCUT2D eigenvalue weighted by Crippen LogP contribution is -2.37. The van der Waals surface area contributed by atoms with Gasteiger partial charge in [-0.1, -0.05) is 15.9 Å². The Bertz CT molecular complexity index is 358. The highest BCUT2D eigenvalue weighted by Gasteiger charge is 2.33.